The van der Waals surface area contributed by atoms with Crippen molar-refractivity contribution in [2.45, 2.75) is 31.1 Å². The van der Waals surface area contributed by atoms with E-state index in [1.54, 1.807) is 12.1 Å². The number of nitrogens with zero attached hydrogens (tertiary/aromatic N) is 3. The molecule has 2 aromatic rings. The molecule has 2 heterocycles. The Kier molecular flexibility index (Phi) is 6.15. The molecule has 1 aromatic carbocycles. The summed E-state index contributed by atoms with van der Waals surface area (Å²) in [7, 11) is -3.60. The van der Waals surface area contributed by atoms with Gasteiger partial charge in [0.25, 0.3) is 0 Å². The molecule has 0 radical (unpaired) electrons. The lowest BCUT2D eigenvalue weighted by atomic mass is 9.92. The molecule has 0 atom stereocenters. The monoisotopic (exact) mass is 402 g/mol. The number of benzene rings is 1. The summed E-state index contributed by atoms with van der Waals surface area (Å²) in [4.78, 5) is 31.4. The third-order valence-electron chi connectivity index (χ3n) is 4.71. The first-order chi connectivity index (χ1) is 13.4. The van der Waals surface area contributed by atoms with Crippen molar-refractivity contribution in [3.63, 3.8) is 0 Å². The topological polar surface area (TPSA) is 109 Å². The minimum Gasteiger partial charge on any atom is -0.326 e. The number of carbonyl (C=O) groups is 2. The number of nitrogens with one attached hydrogen (secondary N) is 1. The number of carbonyl (C=O) groups excluding carboxylic acids is 2. The Hall–Kier alpha value is -2.65. The van der Waals surface area contributed by atoms with Crippen LogP contribution in [0.25, 0.3) is 0 Å². The molecule has 28 heavy (non-hydrogen) atoms. The minimum absolute atomic E-state index is 0.0667. The van der Waals surface area contributed by atoms with E-state index in [1.807, 2.05) is 0 Å². The van der Waals surface area contributed by atoms with Crippen LogP contribution >= 0.6 is 0 Å². The average molecular weight is 402 g/mol. The normalized spacial score (nSPS) is 15.9. The Morgan fingerprint density at radius 3 is 2.39 bits per heavy atom. The summed E-state index contributed by atoms with van der Waals surface area (Å²) in [6, 6.07) is 6.12. The van der Waals surface area contributed by atoms with Gasteiger partial charge >= 0.3 is 0 Å². The molecule has 1 amide bonds. The number of rotatable bonds is 6. The number of amides is 1. The number of ketones is 1. The molecule has 0 unspecified atom stereocenters. The van der Waals surface area contributed by atoms with Gasteiger partial charge in [0.05, 0.1) is 11.1 Å². The molecule has 0 aliphatic carbocycles. The van der Waals surface area contributed by atoms with Crippen LogP contribution < -0.4 is 5.32 Å². The van der Waals surface area contributed by atoms with Gasteiger partial charge < -0.3 is 5.32 Å². The Labute approximate surface area is 164 Å². The third-order valence-corrected chi connectivity index (χ3v) is 6.62. The third kappa shape index (κ3) is 4.79. The number of Topliss-reactive ketones (excluding diaryl/α,β-unsaturated/α-hetero) is 1. The highest BCUT2D eigenvalue weighted by molar-refractivity contribution is 7.89. The maximum atomic E-state index is 12.8. The van der Waals surface area contributed by atoms with E-state index in [-0.39, 0.29) is 22.5 Å². The van der Waals surface area contributed by atoms with Gasteiger partial charge in [0, 0.05) is 44.5 Å². The predicted octanol–water partition coefficient (Wildman–Crippen LogP) is 2.11. The van der Waals surface area contributed by atoms with Crippen LogP contribution in [0, 0.1) is 5.92 Å². The van der Waals surface area contributed by atoms with Crippen molar-refractivity contribution in [3.8, 4) is 0 Å². The van der Waals surface area contributed by atoms with Gasteiger partial charge in [0.1, 0.15) is 5.69 Å². The van der Waals surface area contributed by atoms with Crippen LogP contribution in [-0.2, 0) is 14.8 Å². The molecule has 0 bridgehead atoms. The first kappa shape index (κ1) is 20.1. The van der Waals surface area contributed by atoms with Crippen molar-refractivity contribution in [2.75, 3.05) is 18.4 Å². The largest absolute Gasteiger partial charge is 0.326 e. The second-order valence-electron chi connectivity index (χ2n) is 6.77. The average Bonchev–Trinajstić information content (AvgIpc) is 2.69. The maximum absolute atomic E-state index is 12.8. The summed E-state index contributed by atoms with van der Waals surface area (Å²) in [6.45, 7) is 2.13. The van der Waals surface area contributed by atoms with Crippen molar-refractivity contribution >= 4 is 27.4 Å². The van der Waals surface area contributed by atoms with Gasteiger partial charge in [-0.3, -0.25) is 14.6 Å². The summed E-state index contributed by atoms with van der Waals surface area (Å²) in [5.41, 5.74) is 0.893. The van der Waals surface area contributed by atoms with Crippen molar-refractivity contribution in [3.05, 3.63) is 48.5 Å². The van der Waals surface area contributed by atoms with Crippen molar-refractivity contribution in [1.82, 2.24) is 14.3 Å². The van der Waals surface area contributed by atoms with Crippen molar-refractivity contribution in [1.29, 1.82) is 0 Å². The van der Waals surface area contributed by atoms with E-state index in [0.29, 0.717) is 43.7 Å². The molecule has 1 fully saturated rings. The second kappa shape index (κ2) is 8.57. The molecule has 1 aromatic heterocycles. The molecule has 9 heteroatoms. The number of piperidine rings is 1. The second-order valence-corrected chi connectivity index (χ2v) is 8.71. The van der Waals surface area contributed by atoms with Gasteiger partial charge in [-0.15, -0.1) is 0 Å². The number of hydrogen-bond donors (Lipinski definition) is 1. The Morgan fingerprint density at radius 1 is 1.14 bits per heavy atom. The van der Waals surface area contributed by atoms with Crippen LogP contribution in [0.5, 0.6) is 0 Å². The highest BCUT2D eigenvalue weighted by Gasteiger charge is 2.30. The summed E-state index contributed by atoms with van der Waals surface area (Å²) in [5.74, 6) is -0.153. The zero-order chi connectivity index (χ0) is 20.1. The SMILES string of the molecule is CC(=O)Nc1ccc(S(=O)(=O)N2CCC(CC(=O)c3cnccn3)CC2)cc1. The van der Waals surface area contributed by atoms with Gasteiger partial charge in [-0.2, -0.15) is 4.31 Å². The van der Waals surface area contributed by atoms with E-state index in [2.05, 4.69) is 15.3 Å². The molecule has 3 rings (SSSR count). The van der Waals surface area contributed by atoms with E-state index in [9.17, 15) is 18.0 Å². The Bertz CT molecular complexity index is 938. The highest BCUT2D eigenvalue weighted by Crippen LogP contribution is 2.27. The van der Waals surface area contributed by atoms with Crippen LogP contribution in [0.1, 0.15) is 36.7 Å². The standard InChI is InChI=1S/C19H22N4O4S/c1-14(24)22-16-2-4-17(5-3-16)28(26,27)23-10-6-15(7-11-23)12-19(25)18-13-20-8-9-21-18/h2-5,8-9,13,15H,6-7,10-12H2,1H3,(H,22,24). The molecule has 1 aliphatic heterocycles. The summed E-state index contributed by atoms with van der Waals surface area (Å²) >= 11 is 0. The van der Waals surface area contributed by atoms with E-state index < -0.39 is 10.0 Å². The molecule has 8 nitrogen and oxygen atoms in total. The first-order valence-electron chi connectivity index (χ1n) is 9.03. The summed E-state index contributed by atoms with van der Waals surface area (Å²) in [5, 5.41) is 2.61. The van der Waals surface area contributed by atoms with Gasteiger partial charge in [-0.1, -0.05) is 0 Å². The molecule has 1 saturated heterocycles. The van der Waals surface area contributed by atoms with Crippen LogP contribution in [0.3, 0.4) is 0 Å². The molecule has 1 aliphatic rings. The maximum Gasteiger partial charge on any atom is 0.243 e. The van der Waals surface area contributed by atoms with E-state index in [4.69, 9.17) is 0 Å². The number of hydrogen-bond acceptors (Lipinski definition) is 6. The van der Waals surface area contributed by atoms with E-state index in [0.717, 1.165) is 0 Å². The lowest BCUT2D eigenvalue weighted by Gasteiger charge is -2.30. The molecule has 0 saturated carbocycles. The zero-order valence-corrected chi connectivity index (χ0v) is 16.4. The summed E-state index contributed by atoms with van der Waals surface area (Å²) in [6.07, 6.45) is 6.04. The lowest BCUT2D eigenvalue weighted by Crippen LogP contribution is -2.38. The first-order valence-corrected chi connectivity index (χ1v) is 10.5. The van der Waals surface area contributed by atoms with Crippen molar-refractivity contribution in [2.24, 2.45) is 5.92 Å². The molecule has 0 spiro atoms. The molecular formula is C19H22N4O4S. The highest BCUT2D eigenvalue weighted by atomic mass is 32.2. The fourth-order valence-corrected chi connectivity index (χ4v) is 4.70. The van der Waals surface area contributed by atoms with Gasteiger partial charge in [-0.05, 0) is 43.0 Å². The van der Waals surface area contributed by atoms with Crippen LogP contribution in [-0.4, -0.2) is 47.5 Å². The molecule has 148 valence electrons. The van der Waals surface area contributed by atoms with Crippen molar-refractivity contribution < 1.29 is 18.0 Å². The predicted molar refractivity (Wildman–Crippen MR) is 103 cm³/mol. The number of aromatic nitrogens is 2. The smallest absolute Gasteiger partial charge is 0.243 e. The van der Waals surface area contributed by atoms with Crippen LogP contribution in [0.4, 0.5) is 5.69 Å². The fraction of sp³-hybridized carbons (Fsp3) is 0.368. The number of sulfonamides is 1. The van der Waals surface area contributed by atoms with Gasteiger partial charge in [-0.25, -0.2) is 13.4 Å². The Balaban J connectivity index is 1.59. The molecular weight excluding hydrogens is 380 g/mol. The van der Waals surface area contributed by atoms with Crippen LogP contribution in [0.15, 0.2) is 47.8 Å². The zero-order valence-electron chi connectivity index (χ0n) is 15.5. The van der Waals surface area contributed by atoms with Gasteiger partial charge in [0.15, 0.2) is 5.78 Å². The number of anilines is 1. The van der Waals surface area contributed by atoms with Crippen LogP contribution in [0.2, 0.25) is 0 Å². The fourth-order valence-electron chi connectivity index (χ4n) is 3.23. The van der Waals surface area contributed by atoms with E-state index >= 15 is 0 Å². The Morgan fingerprint density at radius 2 is 1.82 bits per heavy atom. The lowest BCUT2D eigenvalue weighted by molar-refractivity contribution is -0.114. The van der Waals surface area contributed by atoms with E-state index in [1.165, 1.54) is 42.0 Å². The quantitative estimate of drug-likeness (QED) is 0.741. The summed E-state index contributed by atoms with van der Waals surface area (Å²) < 4.78 is 27.1. The minimum atomic E-state index is -3.60. The van der Waals surface area contributed by atoms with Gasteiger partial charge in [0.2, 0.25) is 15.9 Å². The molecule has 1 N–H and O–H groups in total.